The molecule has 7 rings (SSSR count). The molecule has 1 amide bonds. The average molecular weight is 676 g/mol. The van der Waals surface area contributed by atoms with Crippen molar-refractivity contribution >= 4 is 51.6 Å². The van der Waals surface area contributed by atoms with E-state index in [-0.39, 0.29) is 65.0 Å². The molecule has 1 aliphatic heterocycles. The van der Waals surface area contributed by atoms with Crippen molar-refractivity contribution in [3.8, 4) is 11.5 Å². The van der Waals surface area contributed by atoms with Gasteiger partial charge in [-0.05, 0) is 30.5 Å². The molecule has 4 aromatic heterocycles. The molecular formula is C30H27ClF5N9O2. The van der Waals surface area contributed by atoms with E-state index in [1.807, 2.05) is 0 Å². The minimum atomic E-state index is -4.71. The summed E-state index contributed by atoms with van der Waals surface area (Å²) in [6, 6.07) is 3.64. The number of aryl methyl sites for hydroxylation is 1. The van der Waals surface area contributed by atoms with Gasteiger partial charge in [-0.1, -0.05) is 17.7 Å². The van der Waals surface area contributed by atoms with Crippen LogP contribution in [0.15, 0.2) is 43.0 Å². The Morgan fingerprint density at radius 1 is 1.17 bits per heavy atom. The molecule has 0 atom stereocenters. The molecule has 47 heavy (non-hydrogen) atoms. The lowest BCUT2D eigenvalue weighted by atomic mass is 10.1. The number of imidazole rings is 1. The van der Waals surface area contributed by atoms with Gasteiger partial charge in [0.2, 0.25) is 11.9 Å². The Balaban J connectivity index is 1.13. The third kappa shape index (κ3) is 6.02. The van der Waals surface area contributed by atoms with Gasteiger partial charge in [0.1, 0.15) is 16.1 Å². The summed E-state index contributed by atoms with van der Waals surface area (Å²) in [6.45, 7) is -0.821. The molecule has 2 fully saturated rings. The molecule has 1 saturated heterocycles. The number of carbonyl (C=O) groups excluding carboxylic acids is 1. The maximum Gasteiger partial charge on any atom is 0.416 e. The molecule has 1 aliphatic carbocycles. The lowest BCUT2D eigenvalue weighted by molar-refractivity contribution is -0.138. The SMILES string of the molecule is CN(C(=O)C1CC1)c1cn2ncc(Oc3cnc4nc(Nc5ccc(CN6CCC(F)(F)C6)c(C(F)(F)F)c5)n(C)c4c3Cl)c2cn1. The van der Waals surface area contributed by atoms with Gasteiger partial charge in [0.05, 0.1) is 36.9 Å². The topological polar surface area (TPSA) is 106 Å². The molecule has 1 saturated carbocycles. The van der Waals surface area contributed by atoms with Crippen molar-refractivity contribution in [3.63, 3.8) is 0 Å². The lowest BCUT2D eigenvalue weighted by Crippen LogP contribution is -2.28. The van der Waals surface area contributed by atoms with Crippen molar-refractivity contribution in [2.45, 2.75) is 37.9 Å². The van der Waals surface area contributed by atoms with Crippen LogP contribution in [0.1, 0.15) is 30.4 Å². The first kappa shape index (κ1) is 31.1. The fourth-order valence-electron chi connectivity index (χ4n) is 5.60. The monoisotopic (exact) mass is 675 g/mol. The zero-order valence-corrected chi connectivity index (χ0v) is 25.8. The maximum atomic E-state index is 14.0. The van der Waals surface area contributed by atoms with Gasteiger partial charge in [-0.2, -0.15) is 23.3 Å². The van der Waals surface area contributed by atoms with Crippen LogP contribution in [0.25, 0.3) is 16.7 Å². The van der Waals surface area contributed by atoms with Crippen LogP contribution in [-0.2, 0) is 24.6 Å². The predicted molar refractivity (Wildman–Crippen MR) is 162 cm³/mol. The van der Waals surface area contributed by atoms with Gasteiger partial charge < -0.3 is 14.6 Å². The Hall–Kier alpha value is -4.57. The first-order valence-electron chi connectivity index (χ1n) is 14.6. The number of anilines is 3. The molecule has 5 heterocycles. The number of halogens is 6. The molecule has 246 valence electrons. The lowest BCUT2D eigenvalue weighted by Gasteiger charge is -2.20. The minimum absolute atomic E-state index is 0.00157. The first-order valence-corrected chi connectivity index (χ1v) is 15.0. The Morgan fingerprint density at radius 2 is 1.96 bits per heavy atom. The van der Waals surface area contributed by atoms with Gasteiger partial charge >= 0.3 is 6.18 Å². The number of carbonyl (C=O) groups is 1. The van der Waals surface area contributed by atoms with Crippen LogP contribution in [0, 0.1) is 5.92 Å². The summed E-state index contributed by atoms with van der Waals surface area (Å²) in [5.41, 5.74) is 0.124. The number of nitrogens with zero attached hydrogens (tertiary/aromatic N) is 8. The highest BCUT2D eigenvalue weighted by molar-refractivity contribution is 6.36. The van der Waals surface area contributed by atoms with Gasteiger partial charge in [-0.15, -0.1) is 0 Å². The number of pyridine rings is 1. The largest absolute Gasteiger partial charge is 0.450 e. The number of rotatable bonds is 8. The number of fused-ring (bicyclic) bond motifs is 2. The number of nitrogens with one attached hydrogen (secondary N) is 1. The van der Waals surface area contributed by atoms with Crippen molar-refractivity contribution < 1.29 is 31.5 Å². The van der Waals surface area contributed by atoms with E-state index in [0.29, 0.717) is 22.6 Å². The Kier molecular flexibility index (Phi) is 7.46. The predicted octanol–water partition coefficient (Wildman–Crippen LogP) is 6.43. The molecule has 2 aliphatic rings. The molecule has 0 unspecified atom stereocenters. The molecule has 5 aromatic rings. The molecule has 1 N–H and O–H groups in total. The first-order chi connectivity index (χ1) is 22.3. The van der Waals surface area contributed by atoms with E-state index in [0.717, 1.165) is 18.9 Å². The second kappa shape index (κ2) is 11.3. The van der Waals surface area contributed by atoms with E-state index in [1.165, 1.54) is 49.6 Å². The average Bonchev–Trinajstić information content (AvgIpc) is 3.61. The van der Waals surface area contributed by atoms with Crippen molar-refractivity contribution in [1.82, 2.24) is 34.0 Å². The number of hydrogen-bond donors (Lipinski definition) is 1. The van der Waals surface area contributed by atoms with E-state index in [4.69, 9.17) is 16.3 Å². The standard InChI is InChI=1S/C30H27ClF5N9O2/c1-42(27(46)16-3-4-16)23-14-45-20(10-37-23)21(12-39-45)47-22-11-38-26-25(24(22)31)43(2)28(41-26)40-18-6-5-17(19(9-18)30(34,35)36)13-44-8-7-29(32,33)15-44/h5-6,9-12,14,16H,3-4,7-8,13,15H2,1-2H3,(H,38,40,41). The smallest absolute Gasteiger partial charge is 0.416 e. The number of amides is 1. The summed E-state index contributed by atoms with van der Waals surface area (Å²) in [5.74, 6) is -1.79. The van der Waals surface area contributed by atoms with E-state index < -0.39 is 24.2 Å². The quantitative estimate of drug-likeness (QED) is 0.188. The van der Waals surface area contributed by atoms with Gasteiger partial charge in [-0.25, -0.2) is 23.3 Å². The van der Waals surface area contributed by atoms with E-state index in [2.05, 4.69) is 25.4 Å². The summed E-state index contributed by atoms with van der Waals surface area (Å²) < 4.78 is 78.4. The van der Waals surface area contributed by atoms with Gasteiger partial charge in [0.15, 0.2) is 23.0 Å². The maximum absolute atomic E-state index is 14.0. The molecule has 1 aromatic carbocycles. The fourth-order valence-corrected chi connectivity index (χ4v) is 5.90. The van der Waals surface area contributed by atoms with Crippen LogP contribution in [0.4, 0.5) is 39.4 Å². The Labute approximate surface area is 268 Å². The number of alkyl halides is 5. The number of benzene rings is 1. The number of ether oxygens (including phenoxy) is 1. The highest BCUT2D eigenvalue weighted by Gasteiger charge is 2.40. The van der Waals surface area contributed by atoms with Crippen LogP contribution in [0.3, 0.4) is 0 Å². The van der Waals surface area contributed by atoms with Crippen LogP contribution < -0.4 is 15.0 Å². The highest BCUT2D eigenvalue weighted by Crippen LogP contribution is 2.39. The van der Waals surface area contributed by atoms with Gasteiger partial charge in [-0.3, -0.25) is 14.6 Å². The zero-order valence-electron chi connectivity index (χ0n) is 25.0. The van der Waals surface area contributed by atoms with Crippen molar-refractivity contribution in [2.75, 3.05) is 30.4 Å². The van der Waals surface area contributed by atoms with E-state index in [9.17, 15) is 26.7 Å². The van der Waals surface area contributed by atoms with Crippen molar-refractivity contribution in [1.29, 1.82) is 0 Å². The van der Waals surface area contributed by atoms with Crippen molar-refractivity contribution in [3.05, 3.63) is 59.1 Å². The second-order valence-electron chi connectivity index (χ2n) is 11.8. The zero-order chi connectivity index (χ0) is 33.2. The molecule has 0 bridgehead atoms. The fraction of sp³-hybridized carbons (Fsp3) is 0.367. The van der Waals surface area contributed by atoms with Gasteiger partial charge in [0, 0.05) is 45.2 Å². The van der Waals surface area contributed by atoms with E-state index in [1.54, 1.807) is 20.3 Å². The number of likely N-dealkylation sites (tertiary alicyclic amines) is 1. The summed E-state index contributed by atoms with van der Waals surface area (Å²) in [4.78, 5) is 28.4. The third-order valence-corrected chi connectivity index (χ3v) is 8.66. The van der Waals surface area contributed by atoms with Gasteiger partial charge in [0.25, 0.3) is 5.92 Å². The van der Waals surface area contributed by atoms with Crippen LogP contribution in [0.5, 0.6) is 11.5 Å². The molecule has 0 spiro atoms. The Morgan fingerprint density at radius 3 is 2.66 bits per heavy atom. The van der Waals surface area contributed by atoms with Crippen LogP contribution >= 0.6 is 11.6 Å². The van der Waals surface area contributed by atoms with Crippen LogP contribution in [-0.4, -0.2) is 66.0 Å². The highest BCUT2D eigenvalue weighted by atomic mass is 35.5. The second-order valence-corrected chi connectivity index (χ2v) is 12.2. The molecule has 11 nitrogen and oxygen atoms in total. The number of aromatic nitrogens is 6. The summed E-state index contributed by atoms with van der Waals surface area (Å²) in [6.07, 6.45) is 2.63. The Bertz CT molecular complexity index is 2020. The normalized spacial score (nSPS) is 16.7. The third-order valence-electron chi connectivity index (χ3n) is 8.30. The summed E-state index contributed by atoms with van der Waals surface area (Å²) in [5, 5.41) is 7.34. The van der Waals surface area contributed by atoms with E-state index >= 15 is 0 Å². The van der Waals surface area contributed by atoms with Crippen LogP contribution in [0.2, 0.25) is 5.02 Å². The summed E-state index contributed by atoms with van der Waals surface area (Å²) >= 11 is 6.73. The summed E-state index contributed by atoms with van der Waals surface area (Å²) in [7, 11) is 3.28. The minimum Gasteiger partial charge on any atom is -0.450 e. The molecular weight excluding hydrogens is 649 g/mol. The van der Waals surface area contributed by atoms with Crippen molar-refractivity contribution in [2.24, 2.45) is 13.0 Å². The molecule has 17 heteroatoms. The number of hydrogen-bond acceptors (Lipinski definition) is 8. The molecule has 0 radical (unpaired) electrons.